The van der Waals surface area contributed by atoms with Crippen LogP contribution in [-0.2, 0) is 6.54 Å². The second kappa shape index (κ2) is 5.96. The first-order valence-electron chi connectivity index (χ1n) is 6.95. The Hall–Kier alpha value is -2.09. The second-order valence-electron chi connectivity index (χ2n) is 5.19. The van der Waals surface area contributed by atoms with Crippen LogP contribution in [0.4, 0.5) is 13.2 Å². The van der Waals surface area contributed by atoms with Crippen LogP contribution in [0, 0.1) is 0 Å². The Kier molecular flexibility index (Phi) is 4.02. The lowest BCUT2D eigenvalue weighted by molar-refractivity contribution is -0.274. The molecule has 1 N–H and O–H groups in total. The first kappa shape index (κ1) is 14.8. The summed E-state index contributed by atoms with van der Waals surface area (Å²) in [6, 6.07) is 6.15. The van der Waals surface area contributed by atoms with Crippen LogP contribution in [0.2, 0.25) is 0 Å². The van der Waals surface area contributed by atoms with Crippen molar-refractivity contribution in [3.8, 4) is 5.75 Å². The number of ether oxygens (including phenoxy) is 1. The van der Waals surface area contributed by atoms with Crippen molar-refractivity contribution in [2.75, 3.05) is 6.54 Å². The van der Waals surface area contributed by atoms with Crippen molar-refractivity contribution < 1.29 is 17.9 Å². The summed E-state index contributed by atoms with van der Waals surface area (Å²) in [5.74, 6) is 0.624. The second-order valence-corrected chi connectivity index (χ2v) is 5.19. The average molecular weight is 312 g/mol. The Morgan fingerprint density at radius 2 is 2.05 bits per heavy atom. The van der Waals surface area contributed by atoms with Gasteiger partial charge in [-0.05, 0) is 37.1 Å². The first-order valence-corrected chi connectivity index (χ1v) is 6.95. The molecule has 1 aromatic carbocycles. The highest BCUT2D eigenvalue weighted by Crippen LogP contribution is 2.31. The number of rotatable bonds is 4. The Morgan fingerprint density at radius 1 is 1.27 bits per heavy atom. The van der Waals surface area contributed by atoms with E-state index in [0.29, 0.717) is 6.54 Å². The lowest BCUT2D eigenvalue weighted by Gasteiger charge is -2.22. The van der Waals surface area contributed by atoms with Crippen LogP contribution in [0.1, 0.15) is 30.3 Å². The van der Waals surface area contributed by atoms with Gasteiger partial charge in [0.15, 0.2) is 0 Å². The molecule has 0 radical (unpaired) electrons. The number of H-pyrrole nitrogens is 1. The fraction of sp³-hybridized carbons (Fsp3) is 0.429. The molecule has 0 amide bonds. The third-order valence-corrected chi connectivity index (χ3v) is 3.66. The maximum Gasteiger partial charge on any atom is 0.573 e. The first-order chi connectivity index (χ1) is 10.5. The number of nitrogens with zero attached hydrogens (tertiary/aromatic N) is 3. The minimum atomic E-state index is -4.66. The number of aromatic nitrogens is 3. The highest BCUT2D eigenvalue weighted by Gasteiger charge is 2.31. The number of hydrogen-bond donors (Lipinski definition) is 1. The lowest BCUT2D eigenvalue weighted by Crippen LogP contribution is -2.23. The van der Waals surface area contributed by atoms with Gasteiger partial charge in [-0.2, -0.15) is 5.10 Å². The van der Waals surface area contributed by atoms with Crippen molar-refractivity contribution >= 4 is 0 Å². The molecule has 1 aromatic heterocycles. The van der Waals surface area contributed by atoms with Crippen LogP contribution in [0.5, 0.6) is 5.75 Å². The summed E-state index contributed by atoms with van der Waals surface area (Å²) in [6.45, 7) is 1.57. The molecule has 118 valence electrons. The summed E-state index contributed by atoms with van der Waals surface area (Å²) in [4.78, 5) is 6.43. The molecular weight excluding hydrogens is 297 g/mol. The molecule has 1 aliphatic rings. The van der Waals surface area contributed by atoms with Crippen LogP contribution in [0.3, 0.4) is 0 Å². The van der Waals surface area contributed by atoms with Crippen LogP contribution < -0.4 is 4.74 Å². The monoisotopic (exact) mass is 312 g/mol. The molecule has 1 aliphatic heterocycles. The van der Waals surface area contributed by atoms with Crippen LogP contribution in [-0.4, -0.2) is 33.0 Å². The molecule has 0 unspecified atom stereocenters. The smallest absolute Gasteiger partial charge is 0.406 e. The zero-order chi connectivity index (χ0) is 15.6. The fourth-order valence-corrected chi connectivity index (χ4v) is 2.73. The average Bonchev–Trinajstić information content (AvgIpc) is 3.10. The minimum Gasteiger partial charge on any atom is -0.406 e. The SMILES string of the molecule is FC(F)(F)Oc1ccc(CN2CCC[C@H]2c2ncn[nH]2)cc1. The molecular formula is C14H15F3N4O. The molecule has 2 heterocycles. The quantitative estimate of drug-likeness (QED) is 0.943. The summed E-state index contributed by atoms with van der Waals surface area (Å²) < 4.78 is 40.3. The van der Waals surface area contributed by atoms with E-state index in [1.54, 1.807) is 12.1 Å². The van der Waals surface area contributed by atoms with Gasteiger partial charge >= 0.3 is 6.36 Å². The molecule has 1 atom stereocenters. The van der Waals surface area contributed by atoms with Crippen molar-refractivity contribution in [2.24, 2.45) is 0 Å². The van der Waals surface area contributed by atoms with E-state index in [1.165, 1.54) is 18.5 Å². The van der Waals surface area contributed by atoms with Crippen molar-refractivity contribution in [3.05, 3.63) is 42.0 Å². The molecule has 3 rings (SSSR count). The largest absolute Gasteiger partial charge is 0.573 e. The van der Waals surface area contributed by atoms with Gasteiger partial charge in [0.05, 0.1) is 6.04 Å². The zero-order valence-electron chi connectivity index (χ0n) is 11.7. The van der Waals surface area contributed by atoms with Gasteiger partial charge in [-0.1, -0.05) is 12.1 Å². The zero-order valence-corrected chi connectivity index (χ0v) is 11.7. The van der Waals surface area contributed by atoms with E-state index >= 15 is 0 Å². The van der Waals surface area contributed by atoms with Gasteiger partial charge in [0.2, 0.25) is 0 Å². The van der Waals surface area contributed by atoms with Gasteiger partial charge in [0.25, 0.3) is 0 Å². The Bertz CT molecular complexity index is 598. The maximum absolute atomic E-state index is 12.1. The van der Waals surface area contributed by atoms with E-state index < -0.39 is 6.36 Å². The lowest BCUT2D eigenvalue weighted by atomic mass is 10.1. The van der Waals surface area contributed by atoms with Gasteiger partial charge in [-0.3, -0.25) is 10.00 Å². The van der Waals surface area contributed by atoms with Gasteiger partial charge in [-0.25, -0.2) is 4.98 Å². The normalized spacial score (nSPS) is 19.5. The molecule has 2 aromatic rings. The van der Waals surface area contributed by atoms with E-state index in [9.17, 15) is 13.2 Å². The number of likely N-dealkylation sites (tertiary alicyclic amines) is 1. The summed E-state index contributed by atoms with van der Waals surface area (Å²) in [5.41, 5.74) is 0.931. The van der Waals surface area contributed by atoms with Crippen LogP contribution in [0.25, 0.3) is 0 Å². The Balaban J connectivity index is 1.65. The molecule has 0 saturated carbocycles. The fourth-order valence-electron chi connectivity index (χ4n) is 2.73. The van der Waals surface area contributed by atoms with E-state index in [2.05, 4.69) is 24.8 Å². The van der Waals surface area contributed by atoms with E-state index in [1.807, 2.05) is 0 Å². The summed E-state index contributed by atoms with van der Waals surface area (Å²) in [5, 5.41) is 6.75. The number of alkyl halides is 3. The van der Waals surface area contributed by atoms with Gasteiger partial charge in [0, 0.05) is 6.54 Å². The predicted octanol–water partition coefficient (Wildman–Crippen LogP) is 3.04. The topological polar surface area (TPSA) is 54.0 Å². The highest BCUT2D eigenvalue weighted by molar-refractivity contribution is 5.27. The van der Waals surface area contributed by atoms with Gasteiger partial charge in [0.1, 0.15) is 17.9 Å². The third kappa shape index (κ3) is 3.56. The minimum absolute atomic E-state index is 0.175. The van der Waals surface area contributed by atoms with Gasteiger partial charge in [-0.15, -0.1) is 13.2 Å². The predicted molar refractivity (Wildman–Crippen MR) is 71.9 cm³/mol. The Labute approximate surface area is 125 Å². The third-order valence-electron chi connectivity index (χ3n) is 3.66. The molecule has 22 heavy (non-hydrogen) atoms. The summed E-state index contributed by atoms with van der Waals surface area (Å²) >= 11 is 0. The molecule has 0 aliphatic carbocycles. The van der Waals surface area contributed by atoms with E-state index in [-0.39, 0.29) is 11.8 Å². The van der Waals surface area contributed by atoms with Crippen LogP contribution in [0.15, 0.2) is 30.6 Å². The number of hydrogen-bond acceptors (Lipinski definition) is 4. The van der Waals surface area contributed by atoms with E-state index in [0.717, 1.165) is 30.8 Å². The molecule has 0 bridgehead atoms. The van der Waals surface area contributed by atoms with E-state index in [4.69, 9.17) is 0 Å². The molecule has 0 spiro atoms. The number of halogens is 3. The van der Waals surface area contributed by atoms with Crippen molar-refractivity contribution in [1.82, 2.24) is 20.1 Å². The number of nitrogens with one attached hydrogen (secondary N) is 1. The maximum atomic E-state index is 12.1. The highest BCUT2D eigenvalue weighted by atomic mass is 19.4. The Morgan fingerprint density at radius 3 is 2.68 bits per heavy atom. The molecule has 1 fully saturated rings. The van der Waals surface area contributed by atoms with Gasteiger partial charge < -0.3 is 4.74 Å². The summed E-state index contributed by atoms with van der Waals surface area (Å²) in [6.07, 6.45) is -1.13. The van der Waals surface area contributed by atoms with Crippen molar-refractivity contribution in [1.29, 1.82) is 0 Å². The molecule has 8 heteroatoms. The standard InChI is InChI=1S/C14H15F3N4O/c15-14(16,17)22-11-5-3-10(4-6-11)8-21-7-1-2-12(21)13-18-9-19-20-13/h3-6,9,12H,1-2,7-8H2,(H,18,19,20)/t12-/m0/s1. The molecule has 5 nitrogen and oxygen atoms in total. The number of benzene rings is 1. The van der Waals surface area contributed by atoms with Crippen molar-refractivity contribution in [2.45, 2.75) is 31.8 Å². The number of aromatic amines is 1. The summed E-state index contributed by atoms with van der Waals surface area (Å²) in [7, 11) is 0. The molecule has 1 saturated heterocycles. The van der Waals surface area contributed by atoms with Crippen LogP contribution >= 0.6 is 0 Å². The van der Waals surface area contributed by atoms with Crippen molar-refractivity contribution in [3.63, 3.8) is 0 Å².